The van der Waals surface area contributed by atoms with Gasteiger partial charge in [-0.2, -0.15) is 0 Å². The second-order valence-electron chi connectivity index (χ2n) is 6.30. The van der Waals surface area contributed by atoms with Crippen LogP contribution in [0.2, 0.25) is 0 Å². The number of aryl methyl sites for hydroxylation is 1. The van der Waals surface area contributed by atoms with Gasteiger partial charge in [-0.25, -0.2) is 0 Å². The Hall–Kier alpha value is -2.91. The smallest absolute Gasteiger partial charge is 0.251 e. The van der Waals surface area contributed by atoms with Crippen molar-refractivity contribution in [3.05, 3.63) is 52.9 Å². The van der Waals surface area contributed by atoms with Gasteiger partial charge in [0, 0.05) is 5.39 Å². The zero-order chi connectivity index (χ0) is 19.8. The number of fused-ring (bicyclic) bond motifs is 3. The van der Waals surface area contributed by atoms with Crippen molar-refractivity contribution in [2.75, 3.05) is 5.32 Å². The lowest BCUT2D eigenvalue weighted by molar-refractivity contribution is -0.115. The minimum absolute atomic E-state index is 0.233. The molecule has 2 amide bonds. The molecule has 0 fully saturated rings. The maximum atomic E-state index is 12.6. The van der Waals surface area contributed by atoms with Crippen molar-refractivity contribution >= 4 is 56.5 Å². The van der Waals surface area contributed by atoms with Crippen LogP contribution in [0.1, 0.15) is 22.8 Å². The number of thiophene rings is 1. The number of carbonyl (C=O) groups excluding carboxylic acids is 2. The van der Waals surface area contributed by atoms with Gasteiger partial charge >= 0.3 is 0 Å². The molecule has 3 heterocycles. The largest absolute Gasteiger partial charge is 0.366 e. The Kier molecular flexibility index (Phi) is 4.78. The van der Waals surface area contributed by atoms with Crippen LogP contribution in [0.25, 0.3) is 16.6 Å². The lowest BCUT2D eigenvalue weighted by atomic mass is 10.1. The maximum absolute atomic E-state index is 12.6. The standard InChI is InChI=1S/C19H17N5O2S2/c1-10-9-15-22-23-19(24(15)14-6-4-3-5-12(10)14)28-11(2)17(26)21-18-13(16(20)25)7-8-27-18/h3-9,11H,1-2H3,(H2,20,25)(H,21,26)/t11-/m1/s1. The molecule has 0 aliphatic heterocycles. The normalized spacial score (nSPS) is 12.4. The molecular formula is C19H17N5O2S2. The lowest BCUT2D eigenvalue weighted by Crippen LogP contribution is -2.24. The van der Waals surface area contributed by atoms with E-state index < -0.39 is 11.2 Å². The summed E-state index contributed by atoms with van der Waals surface area (Å²) in [5.41, 5.74) is 8.50. The predicted octanol–water partition coefficient (Wildman–Crippen LogP) is 3.47. The van der Waals surface area contributed by atoms with E-state index >= 15 is 0 Å². The Bertz CT molecular complexity index is 1210. The van der Waals surface area contributed by atoms with Crippen LogP contribution in [0.5, 0.6) is 0 Å². The summed E-state index contributed by atoms with van der Waals surface area (Å²) in [6, 6.07) is 11.6. The number of carbonyl (C=O) groups is 2. The molecule has 0 saturated carbocycles. The van der Waals surface area contributed by atoms with E-state index in [4.69, 9.17) is 5.73 Å². The number of hydrogen-bond acceptors (Lipinski definition) is 6. The number of nitrogens with zero attached hydrogens (tertiary/aromatic N) is 3. The van der Waals surface area contributed by atoms with Crippen LogP contribution in [0.3, 0.4) is 0 Å². The average Bonchev–Trinajstić information content (AvgIpc) is 3.29. The van der Waals surface area contributed by atoms with Gasteiger partial charge in [0.2, 0.25) is 5.91 Å². The molecule has 4 aromatic rings. The highest BCUT2D eigenvalue weighted by molar-refractivity contribution is 8.00. The molecule has 0 bridgehead atoms. The Morgan fingerprint density at radius 1 is 1.25 bits per heavy atom. The number of para-hydroxylation sites is 1. The van der Waals surface area contributed by atoms with Crippen molar-refractivity contribution in [3.8, 4) is 0 Å². The summed E-state index contributed by atoms with van der Waals surface area (Å²) in [5.74, 6) is -0.801. The molecule has 0 aliphatic carbocycles. The molecule has 142 valence electrons. The van der Waals surface area contributed by atoms with Gasteiger partial charge in [0.05, 0.1) is 16.3 Å². The van der Waals surface area contributed by atoms with Gasteiger partial charge in [0.1, 0.15) is 5.00 Å². The van der Waals surface area contributed by atoms with Gasteiger partial charge in [-0.15, -0.1) is 21.5 Å². The summed E-state index contributed by atoms with van der Waals surface area (Å²) in [4.78, 5) is 24.1. The molecule has 4 rings (SSSR count). The van der Waals surface area contributed by atoms with Crippen molar-refractivity contribution in [2.24, 2.45) is 5.73 Å². The van der Waals surface area contributed by atoms with Crippen molar-refractivity contribution in [1.82, 2.24) is 14.6 Å². The zero-order valence-electron chi connectivity index (χ0n) is 15.2. The Morgan fingerprint density at radius 3 is 2.82 bits per heavy atom. The average molecular weight is 412 g/mol. The molecule has 0 spiro atoms. The second kappa shape index (κ2) is 7.25. The molecule has 0 saturated heterocycles. The van der Waals surface area contributed by atoms with Crippen LogP contribution in [-0.2, 0) is 4.79 Å². The number of nitrogens with one attached hydrogen (secondary N) is 1. The molecule has 1 atom stereocenters. The topological polar surface area (TPSA) is 102 Å². The molecule has 7 nitrogen and oxygen atoms in total. The van der Waals surface area contributed by atoms with Gasteiger partial charge in [0.25, 0.3) is 5.91 Å². The summed E-state index contributed by atoms with van der Waals surface area (Å²) in [7, 11) is 0. The molecule has 0 aliphatic rings. The zero-order valence-corrected chi connectivity index (χ0v) is 16.8. The SMILES string of the molecule is Cc1cc2nnc(S[C@H](C)C(=O)Nc3sccc3C(N)=O)n2c2ccccc12. The van der Waals surface area contributed by atoms with Gasteiger partial charge in [-0.1, -0.05) is 30.0 Å². The van der Waals surface area contributed by atoms with Crippen LogP contribution in [-0.4, -0.2) is 31.7 Å². The van der Waals surface area contributed by atoms with E-state index in [-0.39, 0.29) is 5.91 Å². The summed E-state index contributed by atoms with van der Waals surface area (Å²) in [6.07, 6.45) is 0. The highest BCUT2D eigenvalue weighted by atomic mass is 32.2. The van der Waals surface area contributed by atoms with Crippen LogP contribution in [0.4, 0.5) is 5.00 Å². The van der Waals surface area contributed by atoms with Crippen molar-refractivity contribution in [1.29, 1.82) is 0 Å². The molecule has 9 heteroatoms. The van der Waals surface area contributed by atoms with Crippen molar-refractivity contribution < 1.29 is 9.59 Å². The first-order valence-electron chi connectivity index (χ1n) is 8.54. The van der Waals surface area contributed by atoms with E-state index in [0.717, 1.165) is 22.1 Å². The fourth-order valence-electron chi connectivity index (χ4n) is 2.98. The number of rotatable bonds is 5. The lowest BCUT2D eigenvalue weighted by Gasteiger charge is -2.12. The first-order valence-corrected chi connectivity index (χ1v) is 10.3. The van der Waals surface area contributed by atoms with E-state index in [9.17, 15) is 9.59 Å². The van der Waals surface area contributed by atoms with E-state index in [1.54, 1.807) is 18.4 Å². The highest BCUT2D eigenvalue weighted by Crippen LogP contribution is 2.29. The summed E-state index contributed by atoms with van der Waals surface area (Å²) < 4.78 is 1.96. The van der Waals surface area contributed by atoms with Gasteiger partial charge in [-0.3, -0.25) is 14.0 Å². The number of pyridine rings is 1. The maximum Gasteiger partial charge on any atom is 0.251 e. The summed E-state index contributed by atoms with van der Waals surface area (Å²) >= 11 is 2.57. The number of benzene rings is 1. The van der Waals surface area contributed by atoms with E-state index in [2.05, 4.69) is 21.6 Å². The first-order chi connectivity index (χ1) is 13.5. The van der Waals surface area contributed by atoms with E-state index in [1.165, 1.54) is 23.1 Å². The molecule has 3 N–H and O–H groups in total. The van der Waals surface area contributed by atoms with Gasteiger partial charge in [0.15, 0.2) is 10.8 Å². The second-order valence-corrected chi connectivity index (χ2v) is 8.52. The fourth-order valence-corrected chi connectivity index (χ4v) is 4.64. The van der Waals surface area contributed by atoms with Crippen LogP contribution >= 0.6 is 23.1 Å². The molecule has 28 heavy (non-hydrogen) atoms. The number of thioether (sulfide) groups is 1. The van der Waals surface area contributed by atoms with Crippen LogP contribution in [0.15, 0.2) is 46.9 Å². The number of hydrogen-bond donors (Lipinski definition) is 2. The van der Waals surface area contributed by atoms with Gasteiger partial charge in [-0.05, 0) is 43.0 Å². The third kappa shape index (κ3) is 3.23. The van der Waals surface area contributed by atoms with Crippen molar-refractivity contribution in [2.45, 2.75) is 24.3 Å². The number of amides is 2. The number of aromatic nitrogens is 3. The molecular weight excluding hydrogens is 394 g/mol. The predicted molar refractivity (Wildman–Crippen MR) is 112 cm³/mol. The molecule has 0 unspecified atom stereocenters. The minimum Gasteiger partial charge on any atom is -0.366 e. The van der Waals surface area contributed by atoms with Gasteiger partial charge < -0.3 is 11.1 Å². The summed E-state index contributed by atoms with van der Waals surface area (Å²) in [5, 5.41) is 14.8. The van der Waals surface area contributed by atoms with Crippen LogP contribution < -0.4 is 11.1 Å². The number of nitrogens with two attached hydrogens (primary N) is 1. The quantitative estimate of drug-likeness (QED) is 0.490. The van der Waals surface area contributed by atoms with E-state index in [0.29, 0.717) is 15.7 Å². The number of anilines is 1. The Labute approximate surface area is 168 Å². The monoisotopic (exact) mass is 411 g/mol. The third-order valence-electron chi connectivity index (χ3n) is 4.39. The highest BCUT2D eigenvalue weighted by Gasteiger charge is 2.21. The molecule has 1 aromatic carbocycles. The van der Waals surface area contributed by atoms with Crippen LogP contribution in [0, 0.1) is 6.92 Å². The minimum atomic E-state index is -0.567. The third-order valence-corrected chi connectivity index (χ3v) is 6.27. The Balaban J connectivity index is 1.63. The molecule has 0 radical (unpaired) electrons. The molecule has 3 aromatic heterocycles. The summed E-state index contributed by atoms with van der Waals surface area (Å²) in [6.45, 7) is 3.83. The Morgan fingerprint density at radius 2 is 2.04 bits per heavy atom. The fraction of sp³-hybridized carbons (Fsp3) is 0.158. The van der Waals surface area contributed by atoms with Crippen molar-refractivity contribution in [3.63, 3.8) is 0 Å². The first kappa shape index (κ1) is 18.5. The number of primary amides is 1. The van der Waals surface area contributed by atoms with E-state index in [1.807, 2.05) is 35.6 Å².